The van der Waals surface area contributed by atoms with E-state index in [2.05, 4.69) is 10.4 Å². The molecule has 2 aliphatic carbocycles. The summed E-state index contributed by atoms with van der Waals surface area (Å²) in [5, 5.41) is 30.3. The molecule has 0 aliphatic heterocycles. The van der Waals surface area contributed by atoms with E-state index in [1.54, 1.807) is 24.3 Å². The van der Waals surface area contributed by atoms with Crippen molar-refractivity contribution in [3.05, 3.63) is 53.1 Å². The number of amides is 1. The van der Waals surface area contributed by atoms with Gasteiger partial charge in [0.25, 0.3) is 5.69 Å². The molecule has 29 heavy (non-hydrogen) atoms. The van der Waals surface area contributed by atoms with Gasteiger partial charge < -0.3 is 20.4 Å². The molecule has 2 saturated carbocycles. The molecule has 8 nitrogen and oxygen atoms in total. The second-order valence-electron chi connectivity index (χ2n) is 7.86. The Morgan fingerprint density at radius 3 is 2.83 bits per heavy atom. The molecule has 1 amide bonds. The number of carbonyl (C=O) groups excluding carboxylic acids is 1. The fourth-order valence-electron chi connectivity index (χ4n) is 3.85. The summed E-state index contributed by atoms with van der Waals surface area (Å²) in [4.78, 5) is 12.8. The number of benzene rings is 1. The number of aromatic nitrogens is 3. The zero-order chi connectivity index (χ0) is 20.1. The Balaban J connectivity index is 1.45. The van der Waals surface area contributed by atoms with Crippen molar-refractivity contribution in [2.24, 2.45) is 0 Å². The summed E-state index contributed by atoms with van der Waals surface area (Å²) in [6.45, 7) is 0. The van der Waals surface area contributed by atoms with E-state index in [4.69, 9.17) is 4.74 Å². The van der Waals surface area contributed by atoms with Crippen molar-refractivity contribution < 1.29 is 19.4 Å². The van der Waals surface area contributed by atoms with Crippen LogP contribution in [0.5, 0.6) is 5.75 Å². The lowest BCUT2D eigenvalue weighted by molar-refractivity contribution is -0.616. The molecule has 2 aromatic heterocycles. The van der Waals surface area contributed by atoms with Crippen molar-refractivity contribution >= 4 is 22.5 Å². The average Bonchev–Trinajstić information content (AvgIpc) is 3.44. The Hall–Kier alpha value is -3.13. The first-order valence-corrected chi connectivity index (χ1v) is 9.82. The zero-order valence-corrected chi connectivity index (χ0v) is 16.0. The van der Waals surface area contributed by atoms with Crippen LogP contribution in [0.2, 0.25) is 0 Å². The van der Waals surface area contributed by atoms with Crippen LogP contribution in [0.15, 0.2) is 36.5 Å². The summed E-state index contributed by atoms with van der Waals surface area (Å²) in [7, 11) is 1.53. The van der Waals surface area contributed by atoms with Gasteiger partial charge in [-0.3, -0.25) is 9.48 Å². The largest absolute Gasteiger partial charge is 0.618 e. The Kier molecular flexibility index (Phi) is 4.16. The first-order valence-electron chi connectivity index (χ1n) is 9.82. The predicted molar refractivity (Wildman–Crippen MR) is 106 cm³/mol. The van der Waals surface area contributed by atoms with E-state index in [1.165, 1.54) is 13.2 Å². The lowest BCUT2D eigenvalue weighted by Crippen LogP contribution is -2.40. The number of hydrogen-bond acceptors (Lipinski definition) is 5. The molecule has 0 saturated heterocycles. The van der Waals surface area contributed by atoms with Crippen molar-refractivity contribution in [2.45, 2.75) is 43.7 Å². The second kappa shape index (κ2) is 6.73. The number of methoxy groups -OCH3 is 1. The van der Waals surface area contributed by atoms with E-state index in [0.717, 1.165) is 28.5 Å². The van der Waals surface area contributed by atoms with Crippen LogP contribution in [0.1, 0.15) is 53.8 Å². The minimum Gasteiger partial charge on any atom is -0.618 e. The molecular formula is C21H22N4O4. The number of carbonyl (C=O) groups is 1. The number of aliphatic hydroxyl groups is 1. The van der Waals surface area contributed by atoms with Crippen LogP contribution >= 0.6 is 0 Å². The number of anilines is 1. The van der Waals surface area contributed by atoms with Crippen LogP contribution in [0.4, 0.5) is 5.69 Å². The van der Waals surface area contributed by atoms with Gasteiger partial charge in [-0.25, -0.2) is 0 Å². The van der Waals surface area contributed by atoms with Gasteiger partial charge in [-0.2, -0.15) is 9.83 Å². The van der Waals surface area contributed by atoms with Crippen LogP contribution in [0, 0.1) is 5.21 Å². The Morgan fingerprint density at radius 2 is 2.14 bits per heavy atom. The maximum atomic E-state index is 12.8. The van der Waals surface area contributed by atoms with Crippen molar-refractivity contribution in [3.63, 3.8) is 0 Å². The molecule has 0 unspecified atom stereocenters. The van der Waals surface area contributed by atoms with E-state index >= 15 is 0 Å². The zero-order valence-electron chi connectivity index (χ0n) is 16.0. The molecule has 3 aromatic rings. The summed E-state index contributed by atoms with van der Waals surface area (Å²) < 4.78 is 8.02. The highest BCUT2D eigenvalue weighted by Crippen LogP contribution is 2.38. The van der Waals surface area contributed by atoms with Crippen LogP contribution in [0.25, 0.3) is 10.9 Å². The fourth-order valence-corrected chi connectivity index (χ4v) is 3.85. The molecule has 8 heteroatoms. The van der Waals surface area contributed by atoms with Crippen LogP contribution in [0.3, 0.4) is 0 Å². The topological polar surface area (TPSA) is 103 Å². The molecule has 0 spiro atoms. The summed E-state index contributed by atoms with van der Waals surface area (Å²) in [5.41, 5.74) is 1.94. The number of nitrogens with zero attached hydrogens (tertiary/aromatic N) is 3. The van der Waals surface area contributed by atoms with Crippen molar-refractivity contribution in [1.82, 2.24) is 9.78 Å². The van der Waals surface area contributed by atoms with Gasteiger partial charge in [0.1, 0.15) is 5.75 Å². The molecule has 150 valence electrons. The van der Waals surface area contributed by atoms with E-state index in [1.807, 2.05) is 10.9 Å². The smallest absolute Gasteiger partial charge is 0.321 e. The maximum Gasteiger partial charge on any atom is 0.321 e. The highest BCUT2D eigenvalue weighted by atomic mass is 16.5. The first kappa shape index (κ1) is 17.9. The highest BCUT2D eigenvalue weighted by Gasteiger charge is 2.33. The number of rotatable bonds is 5. The molecule has 0 radical (unpaired) electrons. The van der Waals surface area contributed by atoms with Gasteiger partial charge in [0.15, 0.2) is 5.69 Å². The minimum atomic E-state index is -0.477. The van der Waals surface area contributed by atoms with Gasteiger partial charge in [0, 0.05) is 35.7 Å². The Morgan fingerprint density at radius 1 is 1.34 bits per heavy atom. The van der Waals surface area contributed by atoms with Gasteiger partial charge in [-0.15, -0.1) is 0 Å². The third-order valence-corrected chi connectivity index (χ3v) is 5.76. The number of hydrogen-bond donors (Lipinski definition) is 2. The van der Waals surface area contributed by atoms with E-state index < -0.39 is 5.91 Å². The lowest BCUT2D eigenvalue weighted by atomic mass is 9.90. The van der Waals surface area contributed by atoms with Crippen LogP contribution < -0.4 is 14.8 Å². The van der Waals surface area contributed by atoms with Gasteiger partial charge in [0.05, 0.1) is 30.5 Å². The standard InChI is InChI=1S/C21H22N4O4/c1-29-20-10-16-13(11-24(23-16)14-8-15(26)9-14)7-17(20)22-21(27)19-4-2-3-18(25(19)28)12-5-6-12/h2-4,7,10-12,14-15,26H,5-6,8-9H2,1H3,(H,22,27). The van der Waals surface area contributed by atoms with Crippen molar-refractivity contribution in [2.75, 3.05) is 12.4 Å². The Labute approximate surface area is 167 Å². The first-order chi connectivity index (χ1) is 14.0. The third-order valence-electron chi connectivity index (χ3n) is 5.76. The average molecular weight is 394 g/mol. The molecule has 0 bridgehead atoms. The van der Waals surface area contributed by atoms with Crippen molar-refractivity contribution in [3.8, 4) is 5.75 Å². The predicted octanol–water partition coefficient (Wildman–Crippen LogP) is 2.50. The SMILES string of the molecule is COc1cc2nn(C3CC(O)C3)cc2cc1NC(=O)c1cccc(C2CC2)[n+]1[O-]. The lowest BCUT2D eigenvalue weighted by Gasteiger charge is -2.31. The fraction of sp³-hybridized carbons (Fsp3) is 0.381. The number of aliphatic hydroxyl groups excluding tert-OH is 1. The number of pyridine rings is 1. The van der Waals surface area contributed by atoms with Crippen LogP contribution in [-0.2, 0) is 0 Å². The number of ether oxygens (including phenoxy) is 1. The summed E-state index contributed by atoms with van der Waals surface area (Å²) in [5.74, 6) is 0.247. The molecule has 2 heterocycles. The minimum absolute atomic E-state index is 0.0655. The number of nitrogens with one attached hydrogen (secondary N) is 1. The van der Waals surface area contributed by atoms with Crippen molar-refractivity contribution in [1.29, 1.82) is 0 Å². The molecule has 2 N–H and O–H groups in total. The van der Waals surface area contributed by atoms with E-state index in [-0.39, 0.29) is 23.8 Å². The maximum absolute atomic E-state index is 12.8. The molecular weight excluding hydrogens is 372 g/mol. The van der Waals surface area contributed by atoms with Gasteiger partial charge in [-0.05, 0) is 37.8 Å². The second-order valence-corrected chi connectivity index (χ2v) is 7.86. The van der Waals surface area contributed by atoms with Crippen LogP contribution in [-0.4, -0.2) is 34.0 Å². The molecule has 0 atom stereocenters. The summed E-state index contributed by atoms with van der Waals surface area (Å²) in [6, 6.07) is 8.80. The molecule has 2 aliphatic rings. The van der Waals surface area contributed by atoms with Gasteiger partial charge >= 0.3 is 5.91 Å². The molecule has 1 aromatic carbocycles. The highest BCUT2D eigenvalue weighted by molar-refractivity contribution is 6.04. The van der Waals surface area contributed by atoms with E-state index in [9.17, 15) is 15.1 Å². The van der Waals surface area contributed by atoms with Gasteiger partial charge in [0.2, 0.25) is 0 Å². The molecule has 5 rings (SSSR count). The monoisotopic (exact) mass is 394 g/mol. The summed E-state index contributed by atoms with van der Waals surface area (Å²) >= 11 is 0. The normalized spacial score (nSPS) is 21.0. The summed E-state index contributed by atoms with van der Waals surface area (Å²) in [6.07, 6.45) is 5.00. The quantitative estimate of drug-likeness (QED) is 0.511. The Bertz CT molecular complexity index is 1100. The van der Waals surface area contributed by atoms with Gasteiger partial charge in [-0.1, -0.05) is 0 Å². The van der Waals surface area contributed by atoms with E-state index in [0.29, 0.717) is 30.0 Å². The molecule has 2 fully saturated rings. The third kappa shape index (κ3) is 3.19. The number of fused-ring (bicyclic) bond motifs is 1.